The highest BCUT2D eigenvalue weighted by molar-refractivity contribution is 5.94. The Labute approximate surface area is 169 Å². The summed E-state index contributed by atoms with van der Waals surface area (Å²) in [6.45, 7) is 6.32. The van der Waals surface area contributed by atoms with Crippen molar-refractivity contribution in [1.82, 2.24) is 4.90 Å². The van der Waals surface area contributed by atoms with E-state index in [1.165, 1.54) is 6.07 Å². The minimum Gasteiger partial charge on any atom is -0.495 e. The van der Waals surface area contributed by atoms with Crippen LogP contribution in [0.5, 0.6) is 5.75 Å². The van der Waals surface area contributed by atoms with E-state index in [0.29, 0.717) is 37.1 Å². The zero-order valence-electron chi connectivity index (χ0n) is 16.9. The molecule has 150 valence electrons. The van der Waals surface area contributed by atoms with E-state index in [9.17, 15) is 9.59 Å². The van der Waals surface area contributed by atoms with Gasteiger partial charge in [0.2, 0.25) is 0 Å². The number of ether oxygens (including phenoxy) is 1. The number of carbonyl (C=O) groups excluding carboxylic acids is 1. The van der Waals surface area contributed by atoms with Crippen LogP contribution in [-0.4, -0.2) is 44.1 Å². The molecule has 0 bridgehead atoms. The van der Waals surface area contributed by atoms with Crippen LogP contribution in [0.25, 0.3) is 11.0 Å². The maximum Gasteiger partial charge on any atom is 0.289 e. The van der Waals surface area contributed by atoms with Gasteiger partial charge in [-0.25, -0.2) is 0 Å². The van der Waals surface area contributed by atoms with Crippen LogP contribution in [0.15, 0.2) is 51.7 Å². The average Bonchev–Trinajstić information content (AvgIpc) is 2.76. The number of rotatable bonds is 3. The van der Waals surface area contributed by atoms with Crippen molar-refractivity contribution in [3.05, 3.63) is 69.6 Å². The summed E-state index contributed by atoms with van der Waals surface area (Å²) in [5.74, 6) is 0.671. The molecule has 0 spiro atoms. The van der Waals surface area contributed by atoms with E-state index in [4.69, 9.17) is 9.15 Å². The van der Waals surface area contributed by atoms with E-state index in [-0.39, 0.29) is 17.1 Å². The molecule has 3 aromatic rings. The van der Waals surface area contributed by atoms with Crippen LogP contribution in [0, 0.1) is 13.8 Å². The zero-order valence-corrected chi connectivity index (χ0v) is 16.9. The van der Waals surface area contributed by atoms with Crippen molar-refractivity contribution in [3.8, 4) is 5.75 Å². The summed E-state index contributed by atoms with van der Waals surface area (Å²) in [7, 11) is 1.66. The number of anilines is 1. The molecule has 1 saturated heterocycles. The quantitative estimate of drug-likeness (QED) is 0.684. The summed E-state index contributed by atoms with van der Waals surface area (Å²) >= 11 is 0. The Morgan fingerprint density at radius 3 is 2.48 bits per heavy atom. The third-order valence-corrected chi connectivity index (χ3v) is 5.62. The maximum absolute atomic E-state index is 13.0. The number of piperazine rings is 1. The molecule has 6 nitrogen and oxygen atoms in total. The second-order valence-electron chi connectivity index (χ2n) is 7.31. The van der Waals surface area contributed by atoms with Gasteiger partial charge in [-0.1, -0.05) is 18.2 Å². The third-order valence-electron chi connectivity index (χ3n) is 5.62. The maximum atomic E-state index is 13.0. The fourth-order valence-electron chi connectivity index (χ4n) is 3.75. The standard InChI is InChI=1S/C23H24N2O4/c1-15-8-9-17-19(26)14-21(29-22(17)16(15)2)23(27)25-12-10-24(11-13-25)18-6-4-5-7-20(18)28-3/h4-9,14H,10-13H2,1-3H3. The first kappa shape index (κ1) is 19.1. The molecule has 0 aliphatic carbocycles. The molecule has 1 aliphatic rings. The van der Waals surface area contributed by atoms with Crippen molar-refractivity contribution < 1.29 is 13.9 Å². The van der Waals surface area contributed by atoms with Gasteiger partial charge in [0.1, 0.15) is 11.3 Å². The molecule has 0 N–H and O–H groups in total. The lowest BCUT2D eigenvalue weighted by Crippen LogP contribution is -2.49. The number of para-hydroxylation sites is 2. The summed E-state index contributed by atoms with van der Waals surface area (Å²) < 4.78 is 11.3. The van der Waals surface area contributed by atoms with Crippen LogP contribution in [0.3, 0.4) is 0 Å². The third kappa shape index (κ3) is 3.46. The highest BCUT2D eigenvalue weighted by Crippen LogP contribution is 2.28. The monoisotopic (exact) mass is 392 g/mol. The van der Waals surface area contributed by atoms with Crippen LogP contribution in [-0.2, 0) is 0 Å². The first-order valence-electron chi connectivity index (χ1n) is 9.71. The first-order chi connectivity index (χ1) is 14.0. The number of fused-ring (bicyclic) bond motifs is 1. The minimum atomic E-state index is -0.246. The molecule has 0 atom stereocenters. The number of benzene rings is 2. The van der Waals surface area contributed by atoms with E-state index in [2.05, 4.69) is 4.90 Å². The molecule has 29 heavy (non-hydrogen) atoms. The summed E-state index contributed by atoms with van der Waals surface area (Å²) in [6.07, 6.45) is 0. The Kier molecular flexibility index (Phi) is 5.01. The van der Waals surface area contributed by atoms with Crippen LogP contribution in [0.4, 0.5) is 5.69 Å². The molecule has 6 heteroatoms. The van der Waals surface area contributed by atoms with Gasteiger partial charge in [0.15, 0.2) is 11.2 Å². The lowest BCUT2D eigenvalue weighted by Gasteiger charge is -2.36. The van der Waals surface area contributed by atoms with Gasteiger partial charge in [0.25, 0.3) is 5.91 Å². The SMILES string of the molecule is COc1ccccc1N1CCN(C(=O)c2cc(=O)c3ccc(C)c(C)c3o2)CC1. The van der Waals surface area contributed by atoms with Crippen LogP contribution < -0.4 is 15.1 Å². The van der Waals surface area contributed by atoms with Crippen molar-refractivity contribution in [2.24, 2.45) is 0 Å². The predicted octanol–water partition coefficient (Wildman–Crippen LogP) is 3.38. The lowest BCUT2D eigenvalue weighted by molar-refractivity contribution is 0.0715. The summed E-state index contributed by atoms with van der Waals surface area (Å²) in [5, 5.41) is 0.505. The minimum absolute atomic E-state index is 0.0990. The van der Waals surface area contributed by atoms with E-state index in [0.717, 1.165) is 22.6 Å². The van der Waals surface area contributed by atoms with Crippen LogP contribution in [0.1, 0.15) is 21.7 Å². The Morgan fingerprint density at radius 2 is 1.76 bits per heavy atom. The highest BCUT2D eigenvalue weighted by Gasteiger charge is 2.26. The molecular formula is C23H24N2O4. The number of methoxy groups -OCH3 is 1. The topological polar surface area (TPSA) is 63.0 Å². The molecule has 4 rings (SSSR count). The van der Waals surface area contributed by atoms with Crippen molar-refractivity contribution in [2.45, 2.75) is 13.8 Å². The van der Waals surface area contributed by atoms with E-state index < -0.39 is 0 Å². The first-order valence-corrected chi connectivity index (χ1v) is 9.71. The molecule has 1 amide bonds. The molecule has 0 radical (unpaired) electrons. The molecule has 0 unspecified atom stereocenters. The van der Waals surface area contributed by atoms with Gasteiger partial charge in [-0.05, 0) is 43.2 Å². The largest absolute Gasteiger partial charge is 0.495 e. The zero-order chi connectivity index (χ0) is 20.5. The van der Waals surface area contributed by atoms with E-state index >= 15 is 0 Å². The van der Waals surface area contributed by atoms with Crippen LogP contribution in [0.2, 0.25) is 0 Å². The van der Waals surface area contributed by atoms with Gasteiger partial charge in [0.05, 0.1) is 18.2 Å². The van der Waals surface area contributed by atoms with Crippen molar-refractivity contribution in [2.75, 3.05) is 38.2 Å². The smallest absolute Gasteiger partial charge is 0.289 e. The number of nitrogens with zero attached hydrogens (tertiary/aromatic N) is 2. The van der Waals surface area contributed by atoms with Gasteiger partial charge in [-0.3, -0.25) is 9.59 Å². The lowest BCUT2D eigenvalue weighted by atomic mass is 10.1. The number of aryl methyl sites for hydroxylation is 2. The molecule has 1 fully saturated rings. The van der Waals surface area contributed by atoms with Crippen LogP contribution >= 0.6 is 0 Å². The summed E-state index contributed by atoms with van der Waals surface area (Å²) in [5.41, 5.74) is 3.23. The van der Waals surface area contributed by atoms with Gasteiger partial charge in [-0.15, -0.1) is 0 Å². The number of carbonyl (C=O) groups is 1. The van der Waals surface area contributed by atoms with Gasteiger partial charge in [-0.2, -0.15) is 0 Å². The molecule has 0 saturated carbocycles. The van der Waals surface area contributed by atoms with Gasteiger partial charge >= 0.3 is 0 Å². The Hall–Kier alpha value is -3.28. The fraction of sp³-hybridized carbons (Fsp3) is 0.304. The number of hydrogen-bond acceptors (Lipinski definition) is 5. The van der Waals surface area contributed by atoms with Crippen molar-refractivity contribution in [3.63, 3.8) is 0 Å². The number of hydrogen-bond donors (Lipinski definition) is 0. The molecule has 1 aliphatic heterocycles. The second-order valence-corrected chi connectivity index (χ2v) is 7.31. The normalized spacial score (nSPS) is 14.3. The highest BCUT2D eigenvalue weighted by atomic mass is 16.5. The number of amides is 1. The summed E-state index contributed by atoms with van der Waals surface area (Å²) in [4.78, 5) is 29.5. The van der Waals surface area contributed by atoms with E-state index in [1.807, 2.05) is 44.2 Å². The average molecular weight is 392 g/mol. The Bertz CT molecular complexity index is 1130. The molecule has 2 aromatic carbocycles. The molecule has 1 aromatic heterocycles. The van der Waals surface area contributed by atoms with Crippen molar-refractivity contribution >= 4 is 22.6 Å². The Morgan fingerprint density at radius 1 is 1.03 bits per heavy atom. The molecular weight excluding hydrogens is 368 g/mol. The van der Waals surface area contributed by atoms with Gasteiger partial charge in [0, 0.05) is 32.2 Å². The Balaban J connectivity index is 1.56. The predicted molar refractivity (Wildman–Crippen MR) is 113 cm³/mol. The van der Waals surface area contributed by atoms with Crippen molar-refractivity contribution in [1.29, 1.82) is 0 Å². The summed E-state index contributed by atoms with van der Waals surface area (Å²) in [6, 6.07) is 12.8. The fourth-order valence-corrected chi connectivity index (χ4v) is 3.75. The van der Waals surface area contributed by atoms with Gasteiger partial charge < -0.3 is 19.0 Å². The second kappa shape index (κ2) is 7.62. The van der Waals surface area contributed by atoms with E-state index in [1.54, 1.807) is 18.1 Å². The molecule has 2 heterocycles.